The van der Waals surface area contributed by atoms with Crippen LogP contribution in [0.1, 0.15) is 25.7 Å². The smallest absolute Gasteiger partial charge is 0.222 e. The molecule has 20 heavy (non-hydrogen) atoms. The zero-order chi connectivity index (χ0) is 14.4. The monoisotopic (exact) mass is 280 g/mol. The van der Waals surface area contributed by atoms with Gasteiger partial charge in [0.25, 0.3) is 0 Å². The van der Waals surface area contributed by atoms with Gasteiger partial charge in [0.1, 0.15) is 0 Å². The van der Waals surface area contributed by atoms with E-state index >= 15 is 0 Å². The number of rotatable bonds is 5. The summed E-state index contributed by atoms with van der Waals surface area (Å²) in [6.07, 6.45) is 2.96. The summed E-state index contributed by atoms with van der Waals surface area (Å²) in [5.74, 6) is -0.0296. The maximum absolute atomic E-state index is 13.3. The van der Waals surface area contributed by atoms with E-state index in [0.717, 1.165) is 19.4 Å². The minimum Gasteiger partial charge on any atom is -0.491 e. The van der Waals surface area contributed by atoms with Crippen LogP contribution in [0.2, 0.25) is 0 Å². The highest BCUT2D eigenvalue weighted by Crippen LogP contribution is 2.16. The van der Waals surface area contributed by atoms with E-state index < -0.39 is 0 Å². The first kappa shape index (κ1) is 14.8. The van der Waals surface area contributed by atoms with Crippen molar-refractivity contribution in [3.8, 4) is 5.75 Å². The van der Waals surface area contributed by atoms with Crippen LogP contribution in [0.25, 0.3) is 0 Å². The predicted octanol–water partition coefficient (Wildman–Crippen LogP) is 1.93. The van der Waals surface area contributed by atoms with Crippen molar-refractivity contribution in [1.29, 1.82) is 0 Å². The number of likely N-dealkylation sites (tertiary alicyclic amines) is 1. The standard InChI is InChI=1S/C15H21FN2O2/c16-13-6-1-2-7-14(13)20-10-4-8-15(19)18-9-3-5-12(17)11-18/h1-2,6-7,12H,3-5,8-11,17H2. The average Bonchev–Trinajstić information content (AvgIpc) is 2.45. The van der Waals surface area contributed by atoms with E-state index in [1.807, 2.05) is 4.90 Å². The molecule has 0 aromatic heterocycles. The molecule has 0 radical (unpaired) electrons. The molecular weight excluding hydrogens is 259 g/mol. The van der Waals surface area contributed by atoms with Crippen LogP contribution in [0.4, 0.5) is 4.39 Å². The lowest BCUT2D eigenvalue weighted by Crippen LogP contribution is -2.45. The lowest BCUT2D eigenvalue weighted by Gasteiger charge is -2.30. The Morgan fingerprint density at radius 1 is 1.45 bits per heavy atom. The van der Waals surface area contributed by atoms with Gasteiger partial charge in [-0.15, -0.1) is 0 Å². The Kier molecular flexibility index (Phi) is 5.35. The largest absolute Gasteiger partial charge is 0.491 e. The van der Waals surface area contributed by atoms with Gasteiger partial charge in [0.15, 0.2) is 11.6 Å². The number of carbonyl (C=O) groups excluding carboxylic acids is 1. The second-order valence-corrected chi connectivity index (χ2v) is 5.12. The van der Waals surface area contributed by atoms with E-state index in [0.29, 0.717) is 26.0 Å². The van der Waals surface area contributed by atoms with Crippen LogP contribution in [0.5, 0.6) is 5.75 Å². The number of para-hydroxylation sites is 1. The van der Waals surface area contributed by atoms with Gasteiger partial charge in [0.05, 0.1) is 6.61 Å². The summed E-state index contributed by atoms with van der Waals surface area (Å²) in [6.45, 7) is 1.78. The zero-order valence-electron chi connectivity index (χ0n) is 11.6. The van der Waals surface area contributed by atoms with Crippen LogP contribution in [0.3, 0.4) is 0 Å². The Morgan fingerprint density at radius 3 is 3.00 bits per heavy atom. The van der Waals surface area contributed by atoms with Crippen LogP contribution >= 0.6 is 0 Å². The number of amides is 1. The number of piperidine rings is 1. The summed E-state index contributed by atoms with van der Waals surface area (Å²) in [5, 5.41) is 0. The molecule has 1 amide bonds. The first-order chi connectivity index (χ1) is 9.66. The predicted molar refractivity (Wildman–Crippen MR) is 74.9 cm³/mol. The Morgan fingerprint density at radius 2 is 2.25 bits per heavy atom. The molecule has 2 N–H and O–H groups in total. The van der Waals surface area contributed by atoms with Gasteiger partial charge in [-0.05, 0) is 31.4 Å². The highest BCUT2D eigenvalue weighted by Gasteiger charge is 2.20. The molecule has 1 aromatic rings. The van der Waals surface area contributed by atoms with Gasteiger partial charge in [-0.3, -0.25) is 4.79 Å². The number of halogens is 1. The van der Waals surface area contributed by atoms with E-state index in [-0.39, 0.29) is 23.5 Å². The number of hydrogen-bond acceptors (Lipinski definition) is 3. The van der Waals surface area contributed by atoms with Gasteiger partial charge in [-0.25, -0.2) is 4.39 Å². The van der Waals surface area contributed by atoms with Crippen molar-refractivity contribution in [3.63, 3.8) is 0 Å². The minimum atomic E-state index is -0.374. The van der Waals surface area contributed by atoms with Gasteiger partial charge < -0.3 is 15.4 Å². The SMILES string of the molecule is NC1CCCN(C(=O)CCCOc2ccccc2F)C1. The molecule has 1 heterocycles. The first-order valence-electron chi connectivity index (χ1n) is 7.07. The summed E-state index contributed by atoms with van der Waals surface area (Å²) in [7, 11) is 0. The average molecular weight is 280 g/mol. The topological polar surface area (TPSA) is 55.6 Å². The molecular formula is C15H21FN2O2. The molecule has 1 aliphatic rings. The van der Waals surface area contributed by atoms with Crippen molar-refractivity contribution in [2.45, 2.75) is 31.7 Å². The number of benzene rings is 1. The second-order valence-electron chi connectivity index (χ2n) is 5.12. The van der Waals surface area contributed by atoms with Crippen LogP contribution < -0.4 is 10.5 Å². The maximum Gasteiger partial charge on any atom is 0.222 e. The zero-order valence-corrected chi connectivity index (χ0v) is 11.6. The van der Waals surface area contributed by atoms with Gasteiger partial charge >= 0.3 is 0 Å². The third-order valence-corrected chi connectivity index (χ3v) is 3.44. The fraction of sp³-hybridized carbons (Fsp3) is 0.533. The fourth-order valence-corrected chi connectivity index (χ4v) is 2.36. The highest BCUT2D eigenvalue weighted by molar-refractivity contribution is 5.76. The third kappa shape index (κ3) is 4.20. The number of ether oxygens (including phenoxy) is 1. The normalized spacial score (nSPS) is 18.9. The molecule has 1 unspecified atom stereocenters. The fourth-order valence-electron chi connectivity index (χ4n) is 2.36. The molecule has 0 aliphatic carbocycles. The maximum atomic E-state index is 13.3. The van der Waals surface area contributed by atoms with Gasteiger partial charge in [-0.2, -0.15) is 0 Å². The lowest BCUT2D eigenvalue weighted by atomic mass is 10.1. The van der Waals surface area contributed by atoms with Crippen molar-refractivity contribution in [2.75, 3.05) is 19.7 Å². The molecule has 0 spiro atoms. The summed E-state index contributed by atoms with van der Waals surface area (Å²) >= 11 is 0. The molecule has 1 atom stereocenters. The van der Waals surface area contributed by atoms with E-state index in [2.05, 4.69) is 0 Å². The van der Waals surface area contributed by atoms with E-state index in [1.165, 1.54) is 6.07 Å². The van der Waals surface area contributed by atoms with Gasteiger partial charge in [-0.1, -0.05) is 12.1 Å². The molecule has 4 nitrogen and oxygen atoms in total. The summed E-state index contributed by atoms with van der Waals surface area (Å²) in [5.41, 5.74) is 5.85. The molecule has 1 saturated heterocycles. The lowest BCUT2D eigenvalue weighted by molar-refractivity contribution is -0.132. The summed E-state index contributed by atoms with van der Waals surface area (Å²) < 4.78 is 18.6. The Labute approximate surface area is 118 Å². The number of nitrogens with zero attached hydrogens (tertiary/aromatic N) is 1. The minimum absolute atomic E-state index is 0.0994. The van der Waals surface area contributed by atoms with E-state index in [4.69, 9.17) is 10.5 Å². The Bertz CT molecular complexity index is 453. The molecule has 1 aliphatic heterocycles. The first-order valence-corrected chi connectivity index (χ1v) is 7.07. The Hall–Kier alpha value is -1.62. The van der Waals surface area contributed by atoms with E-state index in [9.17, 15) is 9.18 Å². The van der Waals surface area contributed by atoms with E-state index in [1.54, 1.807) is 18.2 Å². The van der Waals surface area contributed by atoms with Crippen LogP contribution in [0.15, 0.2) is 24.3 Å². The van der Waals surface area contributed by atoms with Crippen LogP contribution in [-0.2, 0) is 4.79 Å². The van der Waals surface area contributed by atoms with Crippen molar-refractivity contribution < 1.29 is 13.9 Å². The highest BCUT2D eigenvalue weighted by atomic mass is 19.1. The number of hydrogen-bond donors (Lipinski definition) is 1. The van der Waals surface area contributed by atoms with Gasteiger partial charge in [0, 0.05) is 25.6 Å². The van der Waals surface area contributed by atoms with Crippen molar-refractivity contribution in [3.05, 3.63) is 30.1 Å². The number of nitrogens with two attached hydrogens (primary N) is 1. The summed E-state index contributed by atoms with van der Waals surface area (Å²) in [6, 6.07) is 6.38. The second kappa shape index (κ2) is 7.24. The van der Waals surface area contributed by atoms with Crippen molar-refractivity contribution in [2.24, 2.45) is 5.73 Å². The third-order valence-electron chi connectivity index (χ3n) is 3.44. The van der Waals surface area contributed by atoms with Crippen LogP contribution in [0, 0.1) is 5.82 Å². The van der Waals surface area contributed by atoms with Crippen molar-refractivity contribution >= 4 is 5.91 Å². The molecule has 1 fully saturated rings. The Balaban J connectivity index is 1.68. The summed E-state index contributed by atoms with van der Waals surface area (Å²) in [4.78, 5) is 13.8. The molecule has 0 saturated carbocycles. The molecule has 110 valence electrons. The quantitative estimate of drug-likeness (QED) is 0.839. The van der Waals surface area contributed by atoms with Crippen molar-refractivity contribution in [1.82, 2.24) is 4.90 Å². The molecule has 1 aromatic carbocycles. The molecule has 5 heteroatoms. The number of carbonyl (C=O) groups is 1. The molecule has 0 bridgehead atoms. The molecule has 2 rings (SSSR count). The van der Waals surface area contributed by atoms with Crippen LogP contribution in [-0.4, -0.2) is 36.5 Å². The van der Waals surface area contributed by atoms with Gasteiger partial charge in [0.2, 0.25) is 5.91 Å².